The van der Waals surface area contributed by atoms with Crippen molar-refractivity contribution >= 4 is 6.21 Å². The second kappa shape index (κ2) is 5.91. The molecule has 0 spiro atoms. The van der Waals surface area contributed by atoms with Gasteiger partial charge in [0.05, 0.1) is 0 Å². The fourth-order valence-electron chi connectivity index (χ4n) is 1.42. The summed E-state index contributed by atoms with van der Waals surface area (Å²) >= 11 is 0. The van der Waals surface area contributed by atoms with Crippen molar-refractivity contribution in [3.8, 4) is 0 Å². The molecule has 0 bridgehead atoms. The first-order valence-electron chi connectivity index (χ1n) is 4.81. The highest BCUT2D eigenvalue weighted by Crippen LogP contribution is 2.23. The number of nitrogens with zero attached hydrogens (tertiary/aromatic N) is 1. The number of allylic oxidation sites excluding steroid dienone is 1. The molecule has 0 saturated carbocycles. The number of rotatable bonds is 5. The minimum absolute atomic E-state index is 0.550. The quantitative estimate of drug-likeness (QED) is 0.627. The number of methoxy groups -OCH3 is 1. The van der Waals surface area contributed by atoms with E-state index in [1.54, 1.807) is 13.3 Å². The number of halogens is 1. The van der Waals surface area contributed by atoms with Crippen LogP contribution in [0.5, 0.6) is 0 Å². The molecule has 0 aliphatic heterocycles. The van der Waals surface area contributed by atoms with Gasteiger partial charge in [-0.25, -0.2) is 4.39 Å². The molecule has 3 heteroatoms. The molecule has 0 aromatic heterocycles. The van der Waals surface area contributed by atoms with Crippen molar-refractivity contribution in [2.45, 2.75) is 39.0 Å². The molecular weight excluding hydrogens is 181 g/mol. The summed E-state index contributed by atoms with van der Waals surface area (Å²) in [6.07, 6.45) is 3.88. The predicted molar refractivity (Wildman–Crippen MR) is 58.8 cm³/mol. The van der Waals surface area contributed by atoms with Gasteiger partial charge in [-0.2, -0.15) is 0 Å². The lowest BCUT2D eigenvalue weighted by molar-refractivity contribution is 0.0112. The van der Waals surface area contributed by atoms with Gasteiger partial charge in [-0.1, -0.05) is 13.0 Å². The van der Waals surface area contributed by atoms with Gasteiger partial charge in [-0.05, 0) is 25.8 Å². The Morgan fingerprint density at radius 3 is 2.43 bits per heavy atom. The van der Waals surface area contributed by atoms with Crippen molar-refractivity contribution in [2.75, 3.05) is 14.2 Å². The Kier molecular flexibility index (Phi) is 5.62. The van der Waals surface area contributed by atoms with Crippen LogP contribution in [-0.4, -0.2) is 32.1 Å². The fourth-order valence-corrected chi connectivity index (χ4v) is 1.42. The smallest absolute Gasteiger partial charge is 0.135 e. The lowest BCUT2D eigenvalue weighted by Crippen LogP contribution is -2.35. The third-order valence-electron chi connectivity index (χ3n) is 1.88. The lowest BCUT2D eigenvalue weighted by atomic mass is 9.96. The summed E-state index contributed by atoms with van der Waals surface area (Å²) in [7, 11) is 3.18. The first kappa shape index (κ1) is 13.3. The van der Waals surface area contributed by atoms with Crippen LogP contribution in [0.3, 0.4) is 0 Å². The Balaban J connectivity index is 4.87. The molecule has 14 heavy (non-hydrogen) atoms. The van der Waals surface area contributed by atoms with Gasteiger partial charge in [0.25, 0.3) is 0 Å². The number of alkyl halides is 1. The summed E-state index contributed by atoms with van der Waals surface area (Å²) in [5, 5.41) is 0. The van der Waals surface area contributed by atoms with Crippen molar-refractivity contribution in [3.63, 3.8) is 0 Å². The van der Waals surface area contributed by atoms with Gasteiger partial charge in [0, 0.05) is 20.4 Å². The van der Waals surface area contributed by atoms with E-state index in [1.807, 2.05) is 13.0 Å². The highest BCUT2D eigenvalue weighted by Gasteiger charge is 2.31. The standard InChI is InChI=1S/C11H20FNO/c1-6-7-9(8-13-4)10(14-5)11(2,3)12/h7-8,10H,6H2,1-5H3/b9-7+,13-8?. The van der Waals surface area contributed by atoms with Gasteiger partial charge in [0.1, 0.15) is 11.8 Å². The van der Waals surface area contributed by atoms with Gasteiger partial charge in [-0.15, -0.1) is 0 Å². The molecule has 0 amide bonds. The van der Waals surface area contributed by atoms with Crippen LogP contribution < -0.4 is 0 Å². The molecule has 1 atom stereocenters. The maximum atomic E-state index is 13.7. The van der Waals surface area contributed by atoms with Crippen molar-refractivity contribution in [1.82, 2.24) is 0 Å². The molecule has 82 valence electrons. The zero-order valence-electron chi connectivity index (χ0n) is 9.67. The molecule has 0 heterocycles. The summed E-state index contributed by atoms with van der Waals surface area (Å²) in [6, 6.07) is 0. The Labute approximate surface area is 85.9 Å². The van der Waals surface area contributed by atoms with Gasteiger partial charge >= 0.3 is 0 Å². The van der Waals surface area contributed by atoms with E-state index < -0.39 is 11.8 Å². The van der Waals surface area contributed by atoms with E-state index in [4.69, 9.17) is 4.74 Å². The summed E-state index contributed by atoms with van der Waals surface area (Å²) < 4.78 is 18.9. The summed E-state index contributed by atoms with van der Waals surface area (Å²) in [5.41, 5.74) is -0.596. The van der Waals surface area contributed by atoms with E-state index in [0.29, 0.717) is 0 Å². The van der Waals surface area contributed by atoms with Gasteiger partial charge in [-0.3, -0.25) is 4.99 Å². The molecule has 0 aromatic carbocycles. The van der Waals surface area contributed by atoms with E-state index in [9.17, 15) is 4.39 Å². The van der Waals surface area contributed by atoms with E-state index in [2.05, 4.69) is 4.99 Å². The highest BCUT2D eigenvalue weighted by molar-refractivity contribution is 5.80. The van der Waals surface area contributed by atoms with Gasteiger partial charge in [0.2, 0.25) is 0 Å². The first-order valence-corrected chi connectivity index (χ1v) is 4.81. The molecule has 0 aromatic rings. The lowest BCUT2D eigenvalue weighted by Gasteiger charge is -2.26. The molecule has 0 rings (SSSR count). The second-order valence-corrected chi connectivity index (χ2v) is 3.68. The number of aliphatic imine (C=N–C) groups is 1. The van der Waals surface area contributed by atoms with E-state index in [0.717, 1.165) is 12.0 Å². The largest absolute Gasteiger partial charge is 0.373 e. The van der Waals surface area contributed by atoms with Crippen LogP contribution in [0.1, 0.15) is 27.2 Å². The zero-order chi connectivity index (χ0) is 11.2. The van der Waals surface area contributed by atoms with Gasteiger partial charge in [0.15, 0.2) is 0 Å². The minimum atomic E-state index is -1.39. The van der Waals surface area contributed by atoms with Gasteiger partial charge < -0.3 is 4.74 Å². The van der Waals surface area contributed by atoms with Crippen molar-refractivity contribution < 1.29 is 9.13 Å². The van der Waals surface area contributed by atoms with Crippen LogP contribution in [0, 0.1) is 0 Å². The van der Waals surface area contributed by atoms with Crippen LogP contribution in [-0.2, 0) is 4.74 Å². The topological polar surface area (TPSA) is 21.6 Å². The fraction of sp³-hybridized carbons (Fsp3) is 0.727. The average molecular weight is 201 g/mol. The normalized spacial score (nSPS) is 16.3. The van der Waals surface area contributed by atoms with Crippen LogP contribution in [0.2, 0.25) is 0 Å². The SMILES string of the molecule is CC/C=C(\C=NC)C(OC)C(C)(C)F. The minimum Gasteiger partial charge on any atom is -0.373 e. The zero-order valence-corrected chi connectivity index (χ0v) is 9.67. The molecule has 0 aliphatic carbocycles. The molecule has 0 saturated heterocycles. The number of hydrogen-bond donors (Lipinski definition) is 0. The van der Waals surface area contributed by atoms with E-state index in [1.165, 1.54) is 21.0 Å². The van der Waals surface area contributed by atoms with Crippen LogP contribution in [0.25, 0.3) is 0 Å². The molecular formula is C11H20FNO. The highest BCUT2D eigenvalue weighted by atomic mass is 19.1. The molecule has 1 unspecified atom stereocenters. The molecule has 2 nitrogen and oxygen atoms in total. The van der Waals surface area contributed by atoms with Crippen LogP contribution in [0.15, 0.2) is 16.6 Å². The Bertz CT molecular complexity index is 216. The number of hydrogen-bond acceptors (Lipinski definition) is 2. The van der Waals surface area contributed by atoms with Crippen molar-refractivity contribution in [2.24, 2.45) is 4.99 Å². The Morgan fingerprint density at radius 2 is 2.14 bits per heavy atom. The maximum Gasteiger partial charge on any atom is 0.135 e. The number of ether oxygens (including phenoxy) is 1. The average Bonchev–Trinajstić information content (AvgIpc) is 2.03. The molecule has 0 fully saturated rings. The molecule has 0 N–H and O–H groups in total. The van der Waals surface area contributed by atoms with Crippen LogP contribution >= 0.6 is 0 Å². The summed E-state index contributed by atoms with van der Waals surface area (Å²) in [5.74, 6) is 0. The maximum absolute atomic E-state index is 13.7. The molecule has 0 radical (unpaired) electrons. The van der Waals surface area contributed by atoms with Crippen molar-refractivity contribution in [1.29, 1.82) is 0 Å². The van der Waals surface area contributed by atoms with E-state index in [-0.39, 0.29) is 0 Å². The monoisotopic (exact) mass is 201 g/mol. The third kappa shape index (κ3) is 4.01. The van der Waals surface area contributed by atoms with Crippen molar-refractivity contribution in [3.05, 3.63) is 11.6 Å². The molecule has 0 aliphatic rings. The second-order valence-electron chi connectivity index (χ2n) is 3.68. The van der Waals surface area contributed by atoms with Crippen LogP contribution in [0.4, 0.5) is 4.39 Å². The van der Waals surface area contributed by atoms with E-state index >= 15 is 0 Å². The first-order chi connectivity index (χ1) is 6.47. The Hall–Kier alpha value is -0.700. The summed E-state index contributed by atoms with van der Waals surface area (Å²) in [4.78, 5) is 3.90. The Morgan fingerprint density at radius 1 is 1.57 bits per heavy atom. The third-order valence-corrected chi connectivity index (χ3v) is 1.88. The predicted octanol–water partition coefficient (Wildman–Crippen LogP) is 2.79. The summed E-state index contributed by atoms with van der Waals surface area (Å²) in [6.45, 7) is 5.02.